The number of β-amino-alcohol motifs (C(OH)–C–C–N with tert-alkyl or cyclic N) is 1. The van der Waals surface area contributed by atoms with E-state index in [2.05, 4.69) is 17.4 Å². The molecule has 28 heavy (non-hydrogen) atoms. The fourth-order valence-corrected chi connectivity index (χ4v) is 4.74. The van der Waals surface area contributed by atoms with E-state index < -0.39 is 0 Å². The quantitative estimate of drug-likeness (QED) is 0.660. The summed E-state index contributed by atoms with van der Waals surface area (Å²) < 4.78 is 11.3. The van der Waals surface area contributed by atoms with Crippen LogP contribution in [0.25, 0.3) is 11.0 Å². The molecule has 6 heteroatoms. The van der Waals surface area contributed by atoms with E-state index in [4.69, 9.17) is 9.15 Å². The van der Waals surface area contributed by atoms with Crippen molar-refractivity contribution in [2.24, 2.45) is 11.3 Å². The van der Waals surface area contributed by atoms with Crippen molar-refractivity contribution in [2.45, 2.75) is 12.0 Å². The van der Waals surface area contributed by atoms with Gasteiger partial charge in [-0.15, -0.1) is 12.4 Å². The number of rotatable bonds is 4. The first-order valence-corrected chi connectivity index (χ1v) is 9.29. The number of fused-ring (bicyclic) bond motifs is 1. The van der Waals surface area contributed by atoms with Crippen LogP contribution in [0.4, 0.5) is 0 Å². The topological polar surface area (TPSA) is 71.7 Å². The summed E-state index contributed by atoms with van der Waals surface area (Å²) in [6, 6.07) is 19.0. The third kappa shape index (κ3) is 3.00. The van der Waals surface area contributed by atoms with Gasteiger partial charge >= 0.3 is 5.63 Å². The predicted molar refractivity (Wildman–Crippen MR) is 109 cm³/mol. The van der Waals surface area contributed by atoms with E-state index in [0.717, 1.165) is 11.9 Å². The molecule has 2 aromatic carbocycles. The SMILES string of the molecule is Cl.O=c1ccc2ccc(OC[C@@H]3[C@@H](c4ccccc4)[C@]34CNC[C@@H]4O)cc2o1. The molecule has 5 nitrogen and oxygen atoms in total. The molecule has 5 rings (SSSR count). The van der Waals surface area contributed by atoms with E-state index in [1.807, 2.05) is 30.3 Å². The Kier molecular flexibility index (Phi) is 4.91. The third-order valence-electron chi connectivity index (χ3n) is 6.13. The van der Waals surface area contributed by atoms with Crippen LogP contribution in [-0.4, -0.2) is 30.9 Å². The Morgan fingerprint density at radius 1 is 1.14 bits per heavy atom. The lowest BCUT2D eigenvalue weighted by atomic mass is 9.95. The van der Waals surface area contributed by atoms with Gasteiger partial charge in [0.15, 0.2) is 0 Å². The van der Waals surface area contributed by atoms with Gasteiger partial charge < -0.3 is 19.6 Å². The first-order valence-electron chi connectivity index (χ1n) is 9.29. The molecule has 2 aliphatic rings. The Balaban J connectivity index is 0.00000192. The van der Waals surface area contributed by atoms with Gasteiger partial charge in [-0.2, -0.15) is 0 Å². The molecule has 1 saturated carbocycles. The summed E-state index contributed by atoms with van der Waals surface area (Å²) in [5.74, 6) is 1.19. The minimum atomic E-state index is -0.370. The van der Waals surface area contributed by atoms with Gasteiger partial charge in [0.25, 0.3) is 0 Å². The Hall–Kier alpha value is -2.34. The fourth-order valence-electron chi connectivity index (χ4n) is 4.74. The van der Waals surface area contributed by atoms with Gasteiger partial charge in [-0.3, -0.25) is 0 Å². The molecule has 1 spiro atoms. The van der Waals surface area contributed by atoms with Gasteiger partial charge in [0.1, 0.15) is 11.3 Å². The van der Waals surface area contributed by atoms with Crippen LogP contribution in [0, 0.1) is 11.3 Å². The number of hydrogen-bond donors (Lipinski definition) is 2. The van der Waals surface area contributed by atoms with Gasteiger partial charge in [0.05, 0.1) is 12.7 Å². The molecule has 0 amide bonds. The molecule has 0 radical (unpaired) electrons. The normalized spacial score (nSPS) is 28.2. The molecule has 1 saturated heterocycles. The summed E-state index contributed by atoms with van der Waals surface area (Å²) in [5.41, 5.74) is 1.24. The number of ether oxygens (including phenoxy) is 1. The molecule has 1 aliphatic heterocycles. The van der Waals surface area contributed by atoms with Gasteiger partial charge in [-0.05, 0) is 23.8 Å². The van der Waals surface area contributed by atoms with Gasteiger partial charge in [0.2, 0.25) is 0 Å². The second kappa shape index (κ2) is 7.24. The van der Waals surface area contributed by atoms with Crippen LogP contribution in [0.1, 0.15) is 11.5 Å². The first kappa shape index (κ1) is 19.0. The van der Waals surface area contributed by atoms with Gasteiger partial charge in [-0.1, -0.05) is 30.3 Å². The minimum absolute atomic E-state index is 0. The van der Waals surface area contributed by atoms with Crippen molar-refractivity contribution >= 4 is 23.4 Å². The number of nitrogens with one attached hydrogen (secondary N) is 1. The van der Waals surface area contributed by atoms with Crippen molar-refractivity contribution < 1.29 is 14.3 Å². The third-order valence-corrected chi connectivity index (χ3v) is 6.13. The van der Waals surface area contributed by atoms with Crippen molar-refractivity contribution in [3.8, 4) is 5.75 Å². The molecule has 2 N–H and O–H groups in total. The van der Waals surface area contributed by atoms with E-state index in [0.29, 0.717) is 24.5 Å². The molecular formula is C22H22ClNO4. The fraction of sp³-hybridized carbons (Fsp3) is 0.318. The maximum Gasteiger partial charge on any atom is 0.336 e. The summed E-state index contributed by atoms with van der Waals surface area (Å²) in [6.45, 7) is 1.94. The molecule has 1 aromatic heterocycles. The largest absolute Gasteiger partial charge is 0.493 e. The minimum Gasteiger partial charge on any atom is -0.493 e. The van der Waals surface area contributed by atoms with Crippen LogP contribution in [0.2, 0.25) is 0 Å². The summed E-state index contributed by atoms with van der Waals surface area (Å²) in [4.78, 5) is 11.4. The second-order valence-electron chi connectivity index (χ2n) is 7.52. The number of aliphatic hydroxyl groups is 1. The Bertz CT molecular complexity index is 1040. The lowest BCUT2D eigenvalue weighted by molar-refractivity contribution is 0.115. The number of aliphatic hydroxyl groups excluding tert-OH is 1. The molecule has 146 valence electrons. The first-order chi connectivity index (χ1) is 13.2. The zero-order valence-corrected chi connectivity index (χ0v) is 16.0. The standard InChI is InChI=1S/C22H21NO4.ClH/c24-19-11-23-13-22(19)17(21(22)15-4-2-1-3-5-15)12-26-16-8-6-14-7-9-20(25)27-18(14)10-16;/h1-10,17,19,21,23-24H,11-13H2;1H/t17-,19+,21-,22-;/m1./s1. The number of hydrogen-bond acceptors (Lipinski definition) is 5. The number of benzene rings is 2. The summed E-state index contributed by atoms with van der Waals surface area (Å²) >= 11 is 0. The molecule has 2 heterocycles. The highest BCUT2D eigenvalue weighted by molar-refractivity contribution is 5.85. The predicted octanol–water partition coefficient (Wildman–Crippen LogP) is 2.96. The Labute approximate surface area is 168 Å². The second-order valence-corrected chi connectivity index (χ2v) is 7.52. The molecule has 1 aliphatic carbocycles. The van der Waals surface area contributed by atoms with Crippen molar-refractivity contribution in [3.63, 3.8) is 0 Å². The van der Waals surface area contributed by atoms with Crippen LogP contribution in [-0.2, 0) is 0 Å². The molecule has 0 bridgehead atoms. The molecule has 4 atom stereocenters. The number of halogens is 1. The lowest BCUT2D eigenvalue weighted by Gasteiger charge is -2.14. The van der Waals surface area contributed by atoms with Gasteiger partial charge in [-0.25, -0.2) is 4.79 Å². The average Bonchev–Trinajstić information content (AvgIpc) is 3.19. The summed E-state index contributed by atoms with van der Waals surface area (Å²) in [7, 11) is 0. The van der Waals surface area contributed by atoms with Crippen molar-refractivity contribution in [1.29, 1.82) is 0 Å². The van der Waals surface area contributed by atoms with E-state index >= 15 is 0 Å². The molecular weight excluding hydrogens is 378 g/mol. The van der Waals surface area contributed by atoms with Crippen LogP contribution in [0.3, 0.4) is 0 Å². The van der Waals surface area contributed by atoms with Crippen LogP contribution >= 0.6 is 12.4 Å². The smallest absolute Gasteiger partial charge is 0.336 e. The highest BCUT2D eigenvalue weighted by Gasteiger charge is 2.70. The van der Waals surface area contributed by atoms with Crippen molar-refractivity contribution in [1.82, 2.24) is 5.32 Å². The maximum atomic E-state index is 11.4. The zero-order valence-electron chi connectivity index (χ0n) is 15.2. The molecule has 0 unspecified atom stereocenters. The van der Waals surface area contributed by atoms with E-state index in [9.17, 15) is 9.90 Å². The van der Waals surface area contributed by atoms with Crippen molar-refractivity contribution in [2.75, 3.05) is 19.7 Å². The monoisotopic (exact) mass is 399 g/mol. The summed E-state index contributed by atoms with van der Waals surface area (Å²) in [5, 5.41) is 14.8. The Morgan fingerprint density at radius 3 is 2.68 bits per heavy atom. The molecule has 2 fully saturated rings. The van der Waals surface area contributed by atoms with Crippen LogP contribution in [0.15, 0.2) is 69.9 Å². The van der Waals surface area contributed by atoms with E-state index in [1.54, 1.807) is 12.1 Å². The lowest BCUT2D eigenvalue weighted by Crippen LogP contribution is -2.24. The summed E-state index contributed by atoms with van der Waals surface area (Å²) in [6.07, 6.45) is -0.370. The van der Waals surface area contributed by atoms with Crippen LogP contribution < -0.4 is 15.7 Å². The van der Waals surface area contributed by atoms with E-state index in [-0.39, 0.29) is 41.4 Å². The van der Waals surface area contributed by atoms with Crippen molar-refractivity contribution in [3.05, 3.63) is 76.6 Å². The Morgan fingerprint density at radius 2 is 1.93 bits per heavy atom. The zero-order chi connectivity index (χ0) is 18.4. The van der Waals surface area contributed by atoms with Gasteiger partial charge in [0, 0.05) is 47.9 Å². The maximum absolute atomic E-state index is 11.4. The van der Waals surface area contributed by atoms with Crippen LogP contribution in [0.5, 0.6) is 5.75 Å². The average molecular weight is 400 g/mol. The highest BCUT2D eigenvalue weighted by atomic mass is 35.5. The van der Waals surface area contributed by atoms with E-state index in [1.165, 1.54) is 11.6 Å². The molecule has 3 aromatic rings. The highest BCUT2D eigenvalue weighted by Crippen LogP contribution is 2.67.